The van der Waals surface area contributed by atoms with Crippen molar-refractivity contribution in [1.29, 1.82) is 0 Å². The number of nitrogens with zero attached hydrogens (tertiary/aromatic N) is 1. The van der Waals surface area contributed by atoms with Gasteiger partial charge in [-0.1, -0.05) is 77.8 Å². The van der Waals surface area contributed by atoms with Crippen LogP contribution in [0.4, 0.5) is 0 Å². The van der Waals surface area contributed by atoms with Crippen molar-refractivity contribution in [2.75, 3.05) is 19.6 Å². The van der Waals surface area contributed by atoms with Gasteiger partial charge in [0.1, 0.15) is 0 Å². The predicted octanol–water partition coefficient (Wildman–Crippen LogP) is 5.54. The molecule has 0 amide bonds. The molecular weight excluding hydrogens is 489 g/mol. The second-order valence-electron chi connectivity index (χ2n) is 7.53. The van der Waals surface area contributed by atoms with E-state index in [4.69, 9.17) is 23.2 Å². The number of aromatic nitrogens is 1. The fraction of sp³-hybridized carbons (Fsp3) is 0.115. The van der Waals surface area contributed by atoms with Gasteiger partial charge in [0.15, 0.2) is 0 Å². The second-order valence-corrected chi connectivity index (χ2v) is 10.1. The van der Waals surface area contributed by atoms with Crippen LogP contribution in [-0.2, 0) is 10.0 Å². The Morgan fingerprint density at radius 3 is 2.21 bits per heavy atom. The lowest BCUT2D eigenvalue weighted by molar-refractivity contribution is 0.579. The molecule has 2 N–H and O–H groups in total. The van der Waals surface area contributed by atoms with Crippen molar-refractivity contribution in [1.82, 2.24) is 15.0 Å². The third-order valence-corrected chi connectivity index (χ3v) is 7.48. The SMILES string of the molecule is O=S(=O)(NCCNCC=C(c1ccccc1Cl)c1ccccc1Cl)c1cccc2cnccc12. The second kappa shape index (κ2) is 11.1. The van der Waals surface area contributed by atoms with Crippen LogP contribution in [-0.4, -0.2) is 33.0 Å². The predicted molar refractivity (Wildman–Crippen MR) is 140 cm³/mol. The topological polar surface area (TPSA) is 71.1 Å². The van der Waals surface area contributed by atoms with E-state index >= 15 is 0 Å². The van der Waals surface area contributed by atoms with Crippen molar-refractivity contribution in [3.05, 3.63) is 112 Å². The highest BCUT2D eigenvalue weighted by atomic mass is 35.5. The maximum absolute atomic E-state index is 12.8. The lowest BCUT2D eigenvalue weighted by atomic mass is 9.97. The zero-order valence-corrected chi connectivity index (χ0v) is 20.5. The summed E-state index contributed by atoms with van der Waals surface area (Å²) in [6.45, 7) is 1.19. The molecule has 0 saturated heterocycles. The van der Waals surface area contributed by atoms with E-state index in [1.54, 1.807) is 30.6 Å². The fourth-order valence-electron chi connectivity index (χ4n) is 3.68. The lowest BCUT2D eigenvalue weighted by Gasteiger charge is -2.13. The quantitative estimate of drug-likeness (QED) is 0.289. The van der Waals surface area contributed by atoms with Gasteiger partial charge in [0, 0.05) is 64.0 Å². The van der Waals surface area contributed by atoms with E-state index in [9.17, 15) is 8.42 Å². The first-order valence-corrected chi connectivity index (χ1v) is 12.9. The molecule has 0 spiro atoms. The molecule has 1 aromatic heterocycles. The van der Waals surface area contributed by atoms with Gasteiger partial charge in [-0.3, -0.25) is 4.98 Å². The zero-order valence-electron chi connectivity index (χ0n) is 18.2. The Balaban J connectivity index is 1.42. The van der Waals surface area contributed by atoms with Crippen molar-refractivity contribution in [2.45, 2.75) is 4.90 Å². The summed E-state index contributed by atoms with van der Waals surface area (Å²) in [4.78, 5) is 4.30. The van der Waals surface area contributed by atoms with Gasteiger partial charge >= 0.3 is 0 Å². The Kier molecular flexibility index (Phi) is 7.98. The molecular formula is C26H23Cl2N3O2S. The Morgan fingerprint density at radius 2 is 1.53 bits per heavy atom. The average Bonchev–Trinajstić information content (AvgIpc) is 2.84. The highest BCUT2D eigenvalue weighted by Crippen LogP contribution is 2.33. The molecule has 4 rings (SSSR count). The molecule has 0 radical (unpaired) electrons. The molecule has 34 heavy (non-hydrogen) atoms. The number of hydrogen-bond acceptors (Lipinski definition) is 4. The molecule has 3 aromatic carbocycles. The zero-order chi connectivity index (χ0) is 24.0. The number of hydrogen-bond donors (Lipinski definition) is 2. The van der Waals surface area contributed by atoms with Gasteiger partial charge < -0.3 is 5.32 Å². The smallest absolute Gasteiger partial charge is 0.241 e. The molecule has 0 atom stereocenters. The van der Waals surface area contributed by atoms with Crippen LogP contribution < -0.4 is 10.0 Å². The van der Waals surface area contributed by atoms with E-state index in [0.29, 0.717) is 28.5 Å². The summed E-state index contributed by atoms with van der Waals surface area (Å²) in [5.41, 5.74) is 2.67. The number of benzene rings is 3. The first-order valence-electron chi connectivity index (χ1n) is 10.7. The van der Waals surface area contributed by atoms with Crippen LogP contribution in [0.2, 0.25) is 10.0 Å². The van der Waals surface area contributed by atoms with Crippen LogP contribution in [0, 0.1) is 0 Å². The Bertz CT molecular complexity index is 1390. The Hall–Kier alpha value is -2.74. The Labute approximate surface area is 209 Å². The van der Waals surface area contributed by atoms with Crippen LogP contribution in [0.3, 0.4) is 0 Å². The highest BCUT2D eigenvalue weighted by molar-refractivity contribution is 7.89. The van der Waals surface area contributed by atoms with Gasteiger partial charge in [0.25, 0.3) is 0 Å². The normalized spacial score (nSPS) is 11.5. The van der Waals surface area contributed by atoms with E-state index in [-0.39, 0.29) is 11.4 Å². The lowest BCUT2D eigenvalue weighted by Crippen LogP contribution is -2.32. The summed E-state index contributed by atoms with van der Waals surface area (Å²) in [6.07, 6.45) is 5.25. The van der Waals surface area contributed by atoms with Crippen LogP contribution in [0.15, 0.2) is 96.2 Å². The minimum absolute atomic E-state index is 0.241. The standard InChI is InChI=1S/C26H23Cl2N3O2S/c27-24-9-3-1-7-22(24)21(23-8-2-4-10-25(23)28)13-14-29-16-17-31-34(32,33)26-11-5-6-19-18-30-15-12-20(19)26/h1-13,15,18,29,31H,14,16-17H2. The molecule has 0 fully saturated rings. The summed E-state index contributed by atoms with van der Waals surface area (Å²) in [5.74, 6) is 0. The van der Waals surface area contributed by atoms with Gasteiger partial charge in [-0.2, -0.15) is 0 Å². The molecule has 4 aromatic rings. The van der Waals surface area contributed by atoms with Crippen LogP contribution in [0.5, 0.6) is 0 Å². The third kappa shape index (κ3) is 5.66. The number of halogens is 2. The summed E-state index contributed by atoms with van der Waals surface area (Å²) < 4.78 is 28.3. The van der Waals surface area contributed by atoms with Crippen molar-refractivity contribution in [2.24, 2.45) is 0 Å². The average molecular weight is 512 g/mol. The maximum atomic E-state index is 12.8. The molecule has 0 unspecified atom stereocenters. The first kappa shape index (κ1) is 24.4. The molecule has 8 heteroatoms. The molecule has 0 aliphatic carbocycles. The molecule has 5 nitrogen and oxygen atoms in total. The van der Waals surface area contributed by atoms with Crippen LogP contribution in [0.1, 0.15) is 11.1 Å². The number of rotatable bonds is 9. The van der Waals surface area contributed by atoms with Gasteiger partial charge in [0.05, 0.1) is 4.90 Å². The monoisotopic (exact) mass is 511 g/mol. The van der Waals surface area contributed by atoms with Crippen molar-refractivity contribution >= 4 is 49.6 Å². The fourth-order valence-corrected chi connectivity index (χ4v) is 5.41. The van der Waals surface area contributed by atoms with Crippen LogP contribution in [0.25, 0.3) is 16.3 Å². The summed E-state index contributed by atoms with van der Waals surface area (Å²) >= 11 is 12.9. The van der Waals surface area contributed by atoms with Crippen LogP contribution >= 0.6 is 23.2 Å². The molecule has 1 heterocycles. The van der Waals surface area contributed by atoms with E-state index in [1.807, 2.05) is 60.7 Å². The number of nitrogens with one attached hydrogen (secondary N) is 2. The minimum atomic E-state index is -3.66. The van der Waals surface area contributed by atoms with Gasteiger partial charge in [-0.25, -0.2) is 13.1 Å². The number of pyridine rings is 1. The maximum Gasteiger partial charge on any atom is 0.241 e. The van der Waals surface area contributed by atoms with Crippen molar-refractivity contribution in [3.8, 4) is 0 Å². The van der Waals surface area contributed by atoms with Gasteiger partial charge in [-0.05, 0) is 29.8 Å². The molecule has 0 aliphatic heterocycles. The summed E-state index contributed by atoms with van der Waals surface area (Å²) in [6, 6.07) is 22.1. The first-order chi connectivity index (χ1) is 16.5. The Morgan fingerprint density at radius 1 is 0.853 bits per heavy atom. The van der Waals surface area contributed by atoms with E-state index in [0.717, 1.165) is 22.1 Å². The molecule has 0 saturated carbocycles. The van der Waals surface area contributed by atoms with Gasteiger partial charge in [0.2, 0.25) is 10.0 Å². The molecule has 0 aliphatic rings. The largest absolute Gasteiger partial charge is 0.312 e. The number of fused-ring (bicyclic) bond motifs is 1. The van der Waals surface area contributed by atoms with Crippen molar-refractivity contribution in [3.63, 3.8) is 0 Å². The summed E-state index contributed by atoms with van der Waals surface area (Å²) in [5, 5.41) is 5.94. The van der Waals surface area contributed by atoms with E-state index < -0.39 is 10.0 Å². The van der Waals surface area contributed by atoms with E-state index in [1.165, 1.54) is 0 Å². The minimum Gasteiger partial charge on any atom is -0.312 e. The summed E-state index contributed by atoms with van der Waals surface area (Å²) in [7, 11) is -3.66. The number of sulfonamides is 1. The van der Waals surface area contributed by atoms with E-state index in [2.05, 4.69) is 15.0 Å². The molecule has 174 valence electrons. The third-order valence-electron chi connectivity index (χ3n) is 5.30. The highest BCUT2D eigenvalue weighted by Gasteiger charge is 2.16. The van der Waals surface area contributed by atoms with Crippen molar-refractivity contribution < 1.29 is 8.42 Å². The molecule has 0 bridgehead atoms. The van der Waals surface area contributed by atoms with Gasteiger partial charge in [-0.15, -0.1) is 0 Å².